The third-order valence-electron chi connectivity index (χ3n) is 3.01. The fraction of sp³-hybridized carbons (Fsp3) is 0.500. The third kappa shape index (κ3) is 1.60. The maximum Gasteiger partial charge on any atom is 0.192 e. The van der Waals surface area contributed by atoms with Gasteiger partial charge in [-0.3, -0.25) is 0 Å². The molecule has 6 nitrogen and oxygen atoms in total. The molecule has 0 aromatic heterocycles. The van der Waals surface area contributed by atoms with E-state index in [0.717, 1.165) is 0 Å². The van der Waals surface area contributed by atoms with Crippen molar-refractivity contribution < 1.29 is 0 Å². The van der Waals surface area contributed by atoms with Gasteiger partial charge >= 0.3 is 0 Å². The van der Waals surface area contributed by atoms with Crippen LogP contribution in [0.3, 0.4) is 0 Å². The normalized spacial score (nSPS) is 13.3. The molecule has 0 aliphatic heterocycles. The van der Waals surface area contributed by atoms with Crippen LogP contribution >= 0.6 is 0 Å². The van der Waals surface area contributed by atoms with Crippen molar-refractivity contribution in [3.8, 4) is 36.4 Å². The molecule has 2 atom stereocenters. The maximum atomic E-state index is 9.19. The van der Waals surface area contributed by atoms with E-state index in [9.17, 15) is 21.0 Å². The van der Waals surface area contributed by atoms with Crippen LogP contribution in [-0.2, 0) is 0 Å². The Kier molecular flexibility index (Phi) is 4.42. The summed E-state index contributed by atoms with van der Waals surface area (Å²) in [6, 6.07) is 9.78. The number of nitriles is 6. The summed E-state index contributed by atoms with van der Waals surface area (Å²) in [5.41, 5.74) is -4.33. The highest BCUT2D eigenvalue weighted by Crippen LogP contribution is 2.48. The first-order valence-corrected chi connectivity index (χ1v) is 4.90. The first-order valence-electron chi connectivity index (χ1n) is 4.90. The Labute approximate surface area is 105 Å². The average Bonchev–Trinajstić information content (AvgIpc) is 2.43. The molecule has 6 heteroatoms. The molecule has 0 rings (SSSR count). The number of hydrogen-bond acceptors (Lipinski definition) is 6. The van der Waals surface area contributed by atoms with Crippen molar-refractivity contribution in [2.75, 3.05) is 0 Å². The lowest BCUT2D eigenvalue weighted by Crippen LogP contribution is -2.46. The van der Waals surface area contributed by atoms with Gasteiger partial charge in [0.2, 0.25) is 0 Å². The maximum absolute atomic E-state index is 9.19. The molecule has 0 aromatic carbocycles. The molecule has 0 unspecified atom stereocenters. The standard InChI is InChI=1S/C12H8N6/c1-9(3-13)11(5-15,6-16)12(7-17,8-18)10(2)4-14/h9-10H,1-2H3/t9-,10+. The van der Waals surface area contributed by atoms with Crippen LogP contribution in [0, 0.1) is 90.7 Å². The summed E-state index contributed by atoms with van der Waals surface area (Å²) in [5, 5.41) is 54.5. The van der Waals surface area contributed by atoms with Gasteiger partial charge in [0.15, 0.2) is 10.8 Å². The summed E-state index contributed by atoms with van der Waals surface area (Å²) >= 11 is 0. The van der Waals surface area contributed by atoms with Gasteiger partial charge in [-0.25, -0.2) is 0 Å². The predicted octanol–water partition coefficient (Wildman–Crippen LogP) is 1.37. The van der Waals surface area contributed by atoms with E-state index in [2.05, 4.69) is 0 Å². The molecule has 0 N–H and O–H groups in total. The van der Waals surface area contributed by atoms with Crippen molar-refractivity contribution >= 4 is 0 Å². The predicted molar refractivity (Wildman–Crippen MR) is 56.9 cm³/mol. The summed E-state index contributed by atoms with van der Waals surface area (Å²) in [6.07, 6.45) is 0. The van der Waals surface area contributed by atoms with E-state index >= 15 is 0 Å². The van der Waals surface area contributed by atoms with Gasteiger partial charge in [0, 0.05) is 0 Å². The number of rotatable bonds is 3. The molecule has 0 bridgehead atoms. The molecule has 0 aliphatic carbocycles. The molecule has 0 spiro atoms. The Bertz CT molecular complexity index is 495. The average molecular weight is 236 g/mol. The van der Waals surface area contributed by atoms with Crippen LogP contribution < -0.4 is 0 Å². The number of nitrogens with zero attached hydrogens (tertiary/aromatic N) is 6. The first kappa shape index (κ1) is 14.9. The summed E-state index contributed by atoms with van der Waals surface area (Å²) in [6.45, 7) is 2.56. The highest BCUT2D eigenvalue weighted by Gasteiger charge is 2.61. The van der Waals surface area contributed by atoms with E-state index in [0.29, 0.717) is 0 Å². The van der Waals surface area contributed by atoms with Gasteiger partial charge in [0.25, 0.3) is 0 Å². The summed E-state index contributed by atoms with van der Waals surface area (Å²) < 4.78 is 0. The molecule has 0 aromatic rings. The van der Waals surface area contributed by atoms with Crippen LogP contribution in [0.5, 0.6) is 0 Å². The molecule has 0 heterocycles. The monoisotopic (exact) mass is 236 g/mol. The Morgan fingerprint density at radius 2 is 0.833 bits per heavy atom. The van der Waals surface area contributed by atoms with Gasteiger partial charge < -0.3 is 0 Å². The van der Waals surface area contributed by atoms with Crippen molar-refractivity contribution in [2.45, 2.75) is 13.8 Å². The van der Waals surface area contributed by atoms with Crippen molar-refractivity contribution in [3.05, 3.63) is 0 Å². The van der Waals surface area contributed by atoms with Gasteiger partial charge in [0.05, 0.1) is 48.3 Å². The molecule has 0 amide bonds. The van der Waals surface area contributed by atoms with Gasteiger partial charge in [0.1, 0.15) is 0 Å². The van der Waals surface area contributed by atoms with Crippen molar-refractivity contribution in [2.24, 2.45) is 22.7 Å². The molecule has 18 heavy (non-hydrogen) atoms. The van der Waals surface area contributed by atoms with E-state index < -0.39 is 22.7 Å². The topological polar surface area (TPSA) is 143 Å². The largest absolute Gasteiger partial charge is 0.198 e. The Morgan fingerprint density at radius 3 is 0.944 bits per heavy atom. The zero-order valence-electron chi connectivity index (χ0n) is 9.84. The molecular weight excluding hydrogens is 228 g/mol. The van der Waals surface area contributed by atoms with Crippen molar-refractivity contribution in [1.82, 2.24) is 0 Å². The van der Waals surface area contributed by atoms with Gasteiger partial charge in [-0.1, -0.05) is 0 Å². The minimum Gasteiger partial charge on any atom is -0.198 e. The summed E-state index contributed by atoms with van der Waals surface area (Å²) in [4.78, 5) is 0. The molecule has 0 saturated heterocycles. The van der Waals surface area contributed by atoms with Crippen LogP contribution in [0.2, 0.25) is 0 Å². The van der Waals surface area contributed by atoms with Crippen LogP contribution in [0.4, 0.5) is 0 Å². The second-order valence-corrected chi connectivity index (χ2v) is 3.76. The van der Waals surface area contributed by atoms with Gasteiger partial charge in [-0.15, -0.1) is 0 Å². The first-order chi connectivity index (χ1) is 8.46. The summed E-state index contributed by atoms with van der Waals surface area (Å²) in [5.74, 6) is -2.36. The van der Waals surface area contributed by atoms with Crippen molar-refractivity contribution in [1.29, 1.82) is 31.6 Å². The second kappa shape index (κ2) is 5.32. The Balaban J connectivity index is 6.45. The molecule has 0 fully saturated rings. The van der Waals surface area contributed by atoms with E-state index in [1.54, 1.807) is 36.4 Å². The van der Waals surface area contributed by atoms with Crippen LogP contribution in [0.15, 0.2) is 0 Å². The minimum atomic E-state index is -2.17. The SMILES string of the molecule is C[C@H](C#N)C(C#N)(C#N)C(C#N)(C#N)[C@@H](C)C#N. The Hall–Kier alpha value is -3.06. The van der Waals surface area contributed by atoms with Crippen molar-refractivity contribution in [3.63, 3.8) is 0 Å². The van der Waals surface area contributed by atoms with E-state index in [1.807, 2.05) is 0 Å². The zero-order valence-corrected chi connectivity index (χ0v) is 9.84. The second-order valence-electron chi connectivity index (χ2n) is 3.76. The fourth-order valence-corrected chi connectivity index (χ4v) is 1.67. The fourth-order valence-electron chi connectivity index (χ4n) is 1.67. The highest BCUT2D eigenvalue weighted by molar-refractivity contribution is 5.39. The highest BCUT2D eigenvalue weighted by atomic mass is 14.6. The van der Waals surface area contributed by atoms with E-state index in [4.69, 9.17) is 10.5 Å². The molecule has 86 valence electrons. The smallest absolute Gasteiger partial charge is 0.192 e. The quantitative estimate of drug-likeness (QED) is 0.723. The molecule has 0 saturated carbocycles. The lowest BCUT2D eigenvalue weighted by molar-refractivity contribution is 0.198. The molecular formula is C12H8N6. The zero-order chi connectivity index (χ0) is 14.4. The number of hydrogen-bond donors (Lipinski definition) is 0. The lowest BCUT2D eigenvalue weighted by Gasteiger charge is -2.34. The Morgan fingerprint density at radius 1 is 0.611 bits per heavy atom. The van der Waals surface area contributed by atoms with E-state index in [-0.39, 0.29) is 0 Å². The van der Waals surface area contributed by atoms with Crippen LogP contribution in [0.1, 0.15) is 13.8 Å². The molecule has 0 radical (unpaired) electrons. The van der Waals surface area contributed by atoms with Gasteiger partial charge in [-0.2, -0.15) is 31.6 Å². The summed E-state index contributed by atoms with van der Waals surface area (Å²) in [7, 11) is 0. The third-order valence-corrected chi connectivity index (χ3v) is 3.01. The van der Waals surface area contributed by atoms with Crippen LogP contribution in [0.25, 0.3) is 0 Å². The lowest BCUT2D eigenvalue weighted by atomic mass is 9.56. The van der Waals surface area contributed by atoms with Gasteiger partial charge in [-0.05, 0) is 13.8 Å². The van der Waals surface area contributed by atoms with E-state index in [1.165, 1.54) is 13.8 Å². The minimum absolute atomic E-state index is 1.18. The molecule has 0 aliphatic rings. The van der Waals surface area contributed by atoms with Crippen LogP contribution in [-0.4, -0.2) is 0 Å².